The van der Waals surface area contributed by atoms with E-state index in [1.54, 1.807) is 13.0 Å². The average Bonchev–Trinajstić information content (AvgIpc) is 3.41. The number of benzene rings is 2. The van der Waals surface area contributed by atoms with Gasteiger partial charge in [0.25, 0.3) is 5.56 Å². The summed E-state index contributed by atoms with van der Waals surface area (Å²) in [7, 11) is 1.35. The zero-order valence-corrected chi connectivity index (χ0v) is 23.2. The van der Waals surface area contributed by atoms with Gasteiger partial charge in [-0.25, -0.2) is 10.1 Å². The molecule has 9 nitrogen and oxygen atoms in total. The minimum atomic E-state index is -4.67. The highest BCUT2D eigenvalue weighted by Gasteiger charge is 2.36. The summed E-state index contributed by atoms with van der Waals surface area (Å²) >= 11 is 0. The fourth-order valence-electron chi connectivity index (χ4n) is 4.89. The summed E-state index contributed by atoms with van der Waals surface area (Å²) in [4.78, 5) is 24.1. The second-order valence-corrected chi connectivity index (χ2v) is 10.1. The van der Waals surface area contributed by atoms with Crippen LogP contribution in [0.5, 0.6) is 11.5 Å². The van der Waals surface area contributed by atoms with E-state index in [9.17, 15) is 22.8 Å². The number of nitrogens with zero attached hydrogens (tertiary/aromatic N) is 3. The van der Waals surface area contributed by atoms with Crippen LogP contribution in [-0.4, -0.2) is 35.1 Å². The third kappa shape index (κ3) is 6.02. The van der Waals surface area contributed by atoms with Gasteiger partial charge in [0, 0.05) is 35.9 Å². The van der Waals surface area contributed by atoms with Crippen molar-refractivity contribution in [2.75, 3.05) is 13.7 Å². The molecule has 4 aromatic rings. The van der Waals surface area contributed by atoms with Gasteiger partial charge in [0.2, 0.25) is 11.7 Å². The number of nitrogens with one attached hydrogen (secondary N) is 1. The van der Waals surface area contributed by atoms with Gasteiger partial charge in [-0.1, -0.05) is 6.92 Å². The Balaban J connectivity index is 1.25. The van der Waals surface area contributed by atoms with Gasteiger partial charge in [-0.05, 0) is 73.4 Å². The highest BCUT2D eigenvalue weighted by molar-refractivity contribution is 6.05. The number of ether oxygens (including phenoxy) is 2. The van der Waals surface area contributed by atoms with Crippen LogP contribution in [0, 0.1) is 12.8 Å². The maximum Gasteiger partial charge on any atom is 0.449 e. The van der Waals surface area contributed by atoms with E-state index in [4.69, 9.17) is 13.9 Å². The van der Waals surface area contributed by atoms with E-state index in [0.717, 1.165) is 17.3 Å². The number of hydrogen-bond acceptors (Lipinski definition) is 7. The summed E-state index contributed by atoms with van der Waals surface area (Å²) in [5.74, 6) is -0.370. The zero-order chi connectivity index (χ0) is 30.0. The standard InChI is InChI=1S/C30H29F3N4O5/c1-17-14-25(38)34-35-27(17)19-6-8-20(9-7-19)41-13-5-4-12-37-26(39)15-18(2)28(36-37)21-10-11-23(40-3)29-22(21)16-24(42-29)30(31,32)33/h6-11,15-17H,4-5,12-14H2,1-3H3,(H,34,38). The Kier molecular flexibility index (Phi) is 8.06. The van der Waals surface area contributed by atoms with Crippen molar-refractivity contribution >= 4 is 22.6 Å². The van der Waals surface area contributed by atoms with Crippen LogP contribution < -0.4 is 20.5 Å². The van der Waals surface area contributed by atoms with E-state index < -0.39 is 11.9 Å². The van der Waals surface area contributed by atoms with Gasteiger partial charge in [0.1, 0.15) is 5.75 Å². The quantitative estimate of drug-likeness (QED) is 0.253. The molecule has 12 heteroatoms. The average molecular weight is 583 g/mol. The number of furan rings is 1. The second kappa shape index (κ2) is 11.7. The number of aryl methyl sites for hydroxylation is 2. The zero-order valence-electron chi connectivity index (χ0n) is 23.2. The lowest BCUT2D eigenvalue weighted by Gasteiger charge is -2.19. The number of methoxy groups -OCH3 is 1. The number of aromatic nitrogens is 2. The van der Waals surface area contributed by atoms with Crippen LogP contribution in [0.15, 0.2) is 62.8 Å². The van der Waals surface area contributed by atoms with Gasteiger partial charge in [0.05, 0.1) is 25.1 Å². The van der Waals surface area contributed by atoms with E-state index >= 15 is 0 Å². The molecule has 1 N–H and O–H groups in total. The number of fused-ring (bicyclic) bond motifs is 1. The predicted molar refractivity (Wildman–Crippen MR) is 150 cm³/mol. The Morgan fingerprint density at radius 3 is 2.55 bits per heavy atom. The van der Waals surface area contributed by atoms with Gasteiger partial charge < -0.3 is 13.9 Å². The third-order valence-electron chi connectivity index (χ3n) is 7.03. The molecule has 0 bridgehead atoms. The van der Waals surface area contributed by atoms with Crippen LogP contribution in [0.3, 0.4) is 0 Å². The molecular weight excluding hydrogens is 553 g/mol. The highest BCUT2D eigenvalue weighted by atomic mass is 19.4. The molecule has 0 saturated carbocycles. The molecule has 3 heterocycles. The van der Waals surface area contributed by atoms with Crippen molar-refractivity contribution in [3.8, 4) is 22.8 Å². The lowest BCUT2D eigenvalue weighted by atomic mass is 9.94. The molecule has 0 fully saturated rings. The molecule has 1 aliphatic rings. The number of halogens is 3. The van der Waals surface area contributed by atoms with Crippen LogP contribution in [0.4, 0.5) is 13.2 Å². The predicted octanol–water partition coefficient (Wildman–Crippen LogP) is 5.71. The van der Waals surface area contributed by atoms with Gasteiger partial charge >= 0.3 is 6.18 Å². The lowest BCUT2D eigenvalue weighted by molar-refractivity contribution is -0.152. The summed E-state index contributed by atoms with van der Waals surface area (Å²) in [6.45, 7) is 4.36. The van der Waals surface area contributed by atoms with Crippen molar-refractivity contribution in [1.82, 2.24) is 15.2 Å². The molecule has 5 rings (SSSR count). The number of rotatable bonds is 9. The summed E-state index contributed by atoms with van der Waals surface area (Å²) in [5.41, 5.74) is 5.20. The number of carbonyl (C=O) groups excluding carboxylic acids is 1. The number of unbranched alkanes of at least 4 members (excludes halogenated alkanes) is 1. The summed E-state index contributed by atoms with van der Waals surface area (Å²) in [5, 5.41) is 8.86. The minimum Gasteiger partial charge on any atom is -0.494 e. The van der Waals surface area contributed by atoms with Crippen molar-refractivity contribution < 1.29 is 31.9 Å². The summed E-state index contributed by atoms with van der Waals surface area (Å²) in [6.07, 6.45) is -3.06. The Morgan fingerprint density at radius 1 is 1.10 bits per heavy atom. The Morgan fingerprint density at radius 2 is 1.86 bits per heavy atom. The molecule has 1 amide bonds. The Bertz CT molecular complexity index is 1710. The van der Waals surface area contributed by atoms with Crippen molar-refractivity contribution in [3.05, 3.63) is 75.8 Å². The molecule has 42 heavy (non-hydrogen) atoms. The van der Waals surface area contributed by atoms with Crippen LogP contribution in [0.2, 0.25) is 0 Å². The molecule has 0 aliphatic carbocycles. The maximum atomic E-state index is 13.4. The first-order chi connectivity index (χ1) is 20.0. The van der Waals surface area contributed by atoms with Gasteiger partial charge in [-0.15, -0.1) is 0 Å². The van der Waals surface area contributed by atoms with Crippen molar-refractivity contribution in [3.63, 3.8) is 0 Å². The first-order valence-electron chi connectivity index (χ1n) is 13.4. The Labute approximate surface area is 238 Å². The van der Waals surface area contributed by atoms with Gasteiger partial charge in [-0.3, -0.25) is 9.59 Å². The molecule has 0 radical (unpaired) electrons. The van der Waals surface area contributed by atoms with E-state index in [0.29, 0.717) is 55.0 Å². The maximum absolute atomic E-state index is 13.4. The van der Waals surface area contributed by atoms with Gasteiger partial charge in [-0.2, -0.15) is 23.4 Å². The molecule has 0 saturated heterocycles. The Hall–Kier alpha value is -4.61. The van der Waals surface area contributed by atoms with Crippen molar-refractivity contribution in [2.24, 2.45) is 11.0 Å². The fraction of sp³-hybridized carbons (Fsp3) is 0.333. The topological polar surface area (TPSA) is 108 Å². The monoisotopic (exact) mass is 582 g/mol. The number of carbonyl (C=O) groups is 1. The normalized spacial score (nSPS) is 15.4. The van der Waals surface area contributed by atoms with Gasteiger partial charge in [0.15, 0.2) is 11.3 Å². The molecule has 220 valence electrons. The number of amides is 1. The largest absolute Gasteiger partial charge is 0.494 e. The van der Waals surface area contributed by atoms with E-state index in [1.165, 1.54) is 23.9 Å². The van der Waals surface area contributed by atoms with E-state index in [2.05, 4.69) is 15.6 Å². The lowest BCUT2D eigenvalue weighted by Crippen LogP contribution is -2.31. The van der Waals surface area contributed by atoms with E-state index in [-0.39, 0.29) is 34.1 Å². The molecule has 2 aromatic carbocycles. The summed E-state index contributed by atoms with van der Waals surface area (Å²) < 4.78 is 57.7. The number of hydrazone groups is 1. The molecule has 1 atom stereocenters. The van der Waals surface area contributed by atoms with Crippen LogP contribution in [-0.2, 0) is 17.5 Å². The molecule has 1 aliphatic heterocycles. The molecular formula is C30H29F3N4O5. The minimum absolute atomic E-state index is 0.0256. The number of alkyl halides is 3. The van der Waals surface area contributed by atoms with Crippen LogP contribution in [0.1, 0.15) is 43.1 Å². The third-order valence-corrected chi connectivity index (χ3v) is 7.03. The highest BCUT2D eigenvalue weighted by Crippen LogP contribution is 2.41. The van der Waals surface area contributed by atoms with Crippen LogP contribution >= 0.6 is 0 Å². The van der Waals surface area contributed by atoms with Crippen molar-refractivity contribution in [1.29, 1.82) is 0 Å². The first-order valence-corrected chi connectivity index (χ1v) is 13.4. The van der Waals surface area contributed by atoms with E-state index in [1.807, 2.05) is 31.2 Å². The second-order valence-electron chi connectivity index (χ2n) is 10.1. The smallest absolute Gasteiger partial charge is 0.449 e. The number of hydrogen-bond donors (Lipinski definition) is 1. The molecule has 1 unspecified atom stereocenters. The molecule has 2 aromatic heterocycles. The first kappa shape index (κ1) is 28.9. The van der Waals surface area contributed by atoms with Crippen LogP contribution in [0.25, 0.3) is 22.2 Å². The summed E-state index contributed by atoms with van der Waals surface area (Å²) in [6, 6.07) is 12.9. The fourth-order valence-corrected chi connectivity index (χ4v) is 4.89. The van der Waals surface area contributed by atoms with Crippen molar-refractivity contribution in [2.45, 2.75) is 45.8 Å². The molecule has 0 spiro atoms. The SMILES string of the molecule is COc1ccc(-c2nn(CCCCOc3ccc(C4=NNC(=O)CC4C)cc3)c(=O)cc2C)c2cc(C(F)(F)F)oc12.